The number of hydrogen-bond acceptors (Lipinski definition) is 5. The number of carbonyl (C=O) groups excluding carboxylic acids is 2. The molecule has 7 nitrogen and oxygen atoms in total. The van der Waals surface area contributed by atoms with Crippen LogP contribution >= 0.6 is 0 Å². The standard InChI is InChI=1S/C22H37N5O2/c1-4-5-12-27(22(29)20-17-24-18(2)16-25-20)15-10-21(28)23-11-8-14-26-13-7-6-9-19(26)3/h16-17,19H,4-15H2,1-3H3,(H,23,28). The van der Waals surface area contributed by atoms with E-state index in [0.717, 1.165) is 31.5 Å². The van der Waals surface area contributed by atoms with Crippen molar-refractivity contribution in [2.45, 2.75) is 71.8 Å². The van der Waals surface area contributed by atoms with Crippen LogP contribution in [0.1, 0.15) is 75.0 Å². The zero-order valence-electron chi connectivity index (χ0n) is 18.3. The highest BCUT2D eigenvalue weighted by Gasteiger charge is 2.19. The molecule has 1 atom stereocenters. The first kappa shape index (κ1) is 23.3. The number of unbranched alkanes of at least 4 members (excludes halogenated alkanes) is 1. The molecule has 0 aromatic carbocycles. The molecule has 0 bridgehead atoms. The van der Waals surface area contributed by atoms with E-state index in [1.807, 2.05) is 6.92 Å². The predicted molar refractivity (Wildman–Crippen MR) is 115 cm³/mol. The molecule has 1 aromatic rings. The summed E-state index contributed by atoms with van der Waals surface area (Å²) >= 11 is 0. The summed E-state index contributed by atoms with van der Waals surface area (Å²) in [5.74, 6) is -0.154. The Kier molecular flexibility index (Phi) is 10.0. The van der Waals surface area contributed by atoms with Crippen molar-refractivity contribution in [3.05, 3.63) is 23.8 Å². The van der Waals surface area contributed by atoms with Crippen LogP contribution in [-0.4, -0.2) is 70.3 Å². The molecule has 162 valence electrons. The highest BCUT2D eigenvalue weighted by atomic mass is 16.2. The molecule has 2 heterocycles. The van der Waals surface area contributed by atoms with Gasteiger partial charge in [0.05, 0.1) is 11.9 Å². The maximum Gasteiger partial charge on any atom is 0.274 e. The smallest absolute Gasteiger partial charge is 0.274 e. The zero-order valence-corrected chi connectivity index (χ0v) is 18.3. The number of nitrogens with zero attached hydrogens (tertiary/aromatic N) is 4. The summed E-state index contributed by atoms with van der Waals surface area (Å²) in [5, 5.41) is 3.00. The van der Waals surface area contributed by atoms with E-state index in [-0.39, 0.29) is 11.8 Å². The van der Waals surface area contributed by atoms with E-state index in [1.54, 1.807) is 11.1 Å². The van der Waals surface area contributed by atoms with Crippen LogP contribution in [0.15, 0.2) is 12.4 Å². The van der Waals surface area contributed by atoms with Gasteiger partial charge in [0.15, 0.2) is 0 Å². The largest absolute Gasteiger partial charge is 0.356 e. The molecule has 1 aliphatic heterocycles. The fourth-order valence-electron chi connectivity index (χ4n) is 3.65. The van der Waals surface area contributed by atoms with E-state index in [9.17, 15) is 9.59 Å². The molecule has 2 amide bonds. The molecule has 0 radical (unpaired) electrons. The summed E-state index contributed by atoms with van der Waals surface area (Å²) in [6.07, 6.45) is 10.2. The molecule has 0 saturated carbocycles. The minimum atomic E-state index is -0.155. The molecule has 0 spiro atoms. The maximum absolute atomic E-state index is 12.7. The van der Waals surface area contributed by atoms with Crippen LogP contribution in [0.2, 0.25) is 0 Å². The van der Waals surface area contributed by atoms with Crippen molar-refractivity contribution in [1.82, 2.24) is 25.1 Å². The second-order valence-corrected chi connectivity index (χ2v) is 8.02. The summed E-state index contributed by atoms with van der Waals surface area (Å²) < 4.78 is 0. The normalized spacial score (nSPS) is 17.1. The first-order chi connectivity index (χ1) is 14.0. The van der Waals surface area contributed by atoms with Crippen LogP contribution in [0.4, 0.5) is 0 Å². The summed E-state index contributed by atoms with van der Waals surface area (Å²) in [4.78, 5) is 37.6. The average Bonchev–Trinajstić information content (AvgIpc) is 2.72. The van der Waals surface area contributed by atoms with E-state index in [2.05, 4.69) is 34.0 Å². The van der Waals surface area contributed by atoms with Gasteiger partial charge in [-0.2, -0.15) is 0 Å². The fraction of sp³-hybridized carbons (Fsp3) is 0.727. The number of aryl methyl sites for hydroxylation is 1. The molecule has 0 aliphatic carbocycles. The van der Waals surface area contributed by atoms with Crippen molar-refractivity contribution in [2.24, 2.45) is 0 Å². The van der Waals surface area contributed by atoms with Gasteiger partial charge in [0.25, 0.3) is 5.91 Å². The maximum atomic E-state index is 12.7. The van der Waals surface area contributed by atoms with Crippen LogP contribution in [0.25, 0.3) is 0 Å². The topological polar surface area (TPSA) is 78.4 Å². The third-order valence-corrected chi connectivity index (χ3v) is 5.56. The number of likely N-dealkylation sites (tertiary alicyclic amines) is 1. The van der Waals surface area contributed by atoms with Crippen molar-refractivity contribution in [1.29, 1.82) is 0 Å². The monoisotopic (exact) mass is 403 g/mol. The summed E-state index contributed by atoms with van der Waals surface area (Å²) in [6.45, 7) is 10.2. The molecule has 7 heteroatoms. The van der Waals surface area contributed by atoms with Crippen molar-refractivity contribution < 1.29 is 9.59 Å². The van der Waals surface area contributed by atoms with Crippen molar-refractivity contribution in [2.75, 3.05) is 32.7 Å². The van der Waals surface area contributed by atoms with E-state index in [4.69, 9.17) is 0 Å². The predicted octanol–water partition coefficient (Wildman–Crippen LogP) is 2.80. The quantitative estimate of drug-likeness (QED) is 0.575. The average molecular weight is 404 g/mol. The Hall–Kier alpha value is -2.02. The molecule has 2 rings (SSSR count). The van der Waals surface area contributed by atoms with Gasteiger partial charge in [-0.15, -0.1) is 0 Å². The second-order valence-electron chi connectivity index (χ2n) is 8.02. The van der Waals surface area contributed by atoms with E-state index in [1.165, 1.54) is 32.0 Å². The number of rotatable bonds is 11. The van der Waals surface area contributed by atoms with Crippen LogP contribution in [-0.2, 0) is 4.79 Å². The van der Waals surface area contributed by atoms with Gasteiger partial charge in [0.2, 0.25) is 5.91 Å². The molecule has 1 aromatic heterocycles. The third-order valence-electron chi connectivity index (χ3n) is 5.56. The minimum Gasteiger partial charge on any atom is -0.356 e. The van der Waals surface area contributed by atoms with Crippen LogP contribution in [0.5, 0.6) is 0 Å². The molecule has 29 heavy (non-hydrogen) atoms. The van der Waals surface area contributed by atoms with Crippen LogP contribution in [0, 0.1) is 6.92 Å². The minimum absolute atomic E-state index is 0.000909. The number of carbonyl (C=O) groups is 2. The highest BCUT2D eigenvalue weighted by Crippen LogP contribution is 2.16. The first-order valence-electron chi connectivity index (χ1n) is 11.1. The Morgan fingerprint density at radius 2 is 2.03 bits per heavy atom. The molecular formula is C22H37N5O2. The fourth-order valence-corrected chi connectivity index (χ4v) is 3.65. The van der Waals surface area contributed by atoms with Crippen molar-refractivity contribution in [3.8, 4) is 0 Å². The Bertz CT molecular complexity index is 635. The van der Waals surface area contributed by atoms with Gasteiger partial charge in [0, 0.05) is 44.8 Å². The zero-order chi connectivity index (χ0) is 21.1. The van der Waals surface area contributed by atoms with E-state index in [0.29, 0.717) is 37.8 Å². The third kappa shape index (κ3) is 8.09. The van der Waals surface area contributed by atoms with Crippen LogP contribution < -0.4 is 5.32 Å². The van der Waals surface area contributed by atoms with Gasteiger partial charge in [-0.25, -0.2) is 4.98 Å². The Labute approximate surface area is 175 Å². The van der Waals surface area contributed by atoms with Crippen LogP contribution in [0.3, 0.4) is 0 Å². The van der Waals surface area contributed by atoms with Gasteiger partial charge >= 0.3 is 0 Å². The van der Waals surface area contributed by atoms with Gasteiger partial charge in [-0.1, -0.05) is 19.8 Å². The molecule has 1 saturated heterocycles. The summed E-state index contributed by atoms with van der Waals surface area (Å²) in [7, 11) is 0. The second kappa shape index (κ2) is 12.5. The SMILES string of the molecule is CCCCN(CCC(=O)NCCCN1CCCCC1C)C(=O)c1cnc(C)cn1. The van der Waals surface area contributed by atoms with Crippen molar-refractivity contribution in [3.63, 3.8) is 0 Å². The number of amides is 2. The summed E-state index contributed by atoms with van der Waals surface area (Å²) in [6, 6.07) is 0.655. The highest BCUT2D eigenvalue weighted by molar-refractivity contribution is 5.92. The van der Waals surface area contributed by atoms with Gasteiger partial charge in [0.1, 0.15) is 5.69 Å². The first-order valence-corrected chi connectivity index (χ1v) is 11.1. The van der Waals surface area contributed by atoms with E-state index >= 15 is 0 Å². The van der Waals surface area contributed by atoms with Gasteiger partial charge < -0.3 is 15.1 Å². The lowest BCUT2D eigenvalue weighted by atomic mass is 10.0. The lowest BCUT2D eigenvalue weighted by Gasteiger charge is -2.33. The van der Waals surface area contributed by atoms with Crippen molar-refractivity contribution >= 4 is 11.8 Å². The lowest BCUT2D eigenvalue weighted by molar-refractivity contribution is -0.121. The number of piperidine rings is 1. The molecule has 1 aliphatic rings. The Morgan fingerprint density at radius 3 is 2.72 bits per heavy atom. The number of aromatic nitrogens is 2. The van der Waals surface area contributed by atoms with Gasteiger partial charge in [-0.05, 0) is 46.1 Å². The summed E-state index contributed by atoms with van der Waals surface area (Å²) in [5.41, 5.74) is 1.11. The number of nitrogens with one attached hydrogen (secondary N) is 1. The molecule has 1 unspecified atom stereocenters. The molecule has 1 fully saturated rings. The Morgan fingerprint density at radius 1 is 1.21 bits per heavy atom. The lowest BCUT2D eigenvalue weighted by Crippen LogP contribution is -2.39. The van der Waals surface area contributed by atoms with E-state index < -0.39 is 0 Å². The molecule has 1 N–H and O–H groups in total. The van der Waals surface area contributed by atoms with Gasteiger partial charge in [-0.3, -0.25) is 14.6 Å². The molecular weight excluding hydrogens is 366 g/mol. The number of hydrogen-bond donors (Lipinski definition) is 1. The Balaban J connectivity index is 1.73.